The van der Waals surface area contributed by atoms with Gasteiger partial charge in [-0.2, -0.15) is 11.8 Å². The van der Waals surface area contributed by atoms with Crippen molar-refractivity contribution in [2.75, 3.05) is 12.0 Å². The minimum Gasteiger partial charge on any atom is -0.480 e. The van der Waals surface area contributed by atoms with E-state index in [0.717, 1.165) is 4.47 Å². The SMILES string of the molecule is CSCCC(NC(=O)c1ccc(Br)cc1Cl)C(=O)O. The highest BCUT2D eigenvalue weighted by molar-refractivity contribution is 9.10. The Morgan fingerprint density at radius 1 is 1.53 bits per heavy atom. The maximum absolute atomic E-state index is 12.0. The second-order valence-electron chi connectivity index (χ2n) is 3.77. The van der Waals surface area contributed by atoms with Crippen LogP contribution in [0.25, 0.3) is 0 Å². The van der Waals surface area contributed by atoms with Gasteiger partial charge in [0.05, 0.1) is 10.6 Å². The third-order valence-electron chi connectivity index (χ3n) is 2.39. The molecule has 1 atom stereocenters. The first-order chi connectivity index (χ1) is 8.95. The fraction of sp³-hybridized carbons (Fsp3) is 0.333. The van der Waals surface area contributed by atoms with Crippen LogP contribution >= 0.6 is 39.3 Å². The van der Waals surface area contributed by atoms with Crippen LogP contribution in [0.5, 0.6) is 0 Å². The standard InChI is InChI=1S/C12H13BrClNO3S/c1-19-5-4-10(12(17)18)15-11(16)8-3-2-7(13)6-9(8)14/h2-3,6,10H,4-5H2,1H3,(H,15,16)(H,17,18). The average molecular weight is 367 g/mol. The number of thioether (sulfide) groups is 1. The lowest BCUT2D eigenvalue weighted by Gasteiger charge is -2.14. The molecule has 104 valence electrons. The van der Waals surface area contributed by atoms with E-state index in [-0.39, 0.29) is 10.6 Å². The predicted octanol–water partition coefficient (Wildman–Crippen LogP) is 3.04. The number of carbonyl (C=O) groups is 2. The molecule has 1 unspecified atom stereocenters. The van der Waals surface area contributed by atoms with Gasteiger partial charge in [-0.3, -0.25) is 4.79 Å². The normalized spacial score (nSPS) is 11.9. The highest BCUT2D eigenvalue weighted by atomic mass is 79.9. The number of nitrogens with one attached hydrogen (secondary N) is 1. The summed E-state index contributed by atoms with van der Waals surface area (Å²) >= 11 is 10.7. The lowest BCUT2D eigenvalue weighted by molar-refractivity contribution is -0.139. The van der Waals surface area contributed by atoms with E-state index in [0.29, 0.717) is 12.2 Å². The van der Waals surface area contributed by atoms with Crippen LogP contribution in [0.15, 0.2) is 22.7 Å². The zero-order valence-electron chi connectivity index (χ0n) is 10.2. The van der Waals surface area contributed by atoms with Gasteiger partial charge in [-0.15, -0.1) is 0 Å². The van der Waals surface area contributed by atoms with E-state index in [1.54, 1.807) is 18.2 Å². The molecule has 0 saturated carbocycles. The summed E-state index contributed by atoms with van der Waals surface area (Å²) in [6.45, 7) is 0. The Hall–Kier alpha value is -0.720. The maximum Gasteiger partial charge on any atom is 0.326 e. The summed E-state index contributed by atoms with van der Waals surface area (Å²) in [6.07, 6.45) is 2.25. The Labute approximate surface area is 129 Å². The molecule has 0 aliphatic carbocycles. The highest BCUT2D eigenvalue weighted by Gasteiger charge is 2.21. The monoisotopic (exact) mass is 365 g/mol. The van der Waals surface area contributed by atoms with E-state index in [4.69, 9.17) is 16.7 Å². The number of carbonyl (C=O) groups excluding carboxylic acids is 1. The van der Waals surface area contributed by atoms with Crippen LogP contribution < -0.4 is 5.32 Å². The molecule has 2 N–H and O–H groups in total. The van der Waals surface area contributed by atoms with Crippen LogP contribution in [0.4, 0.5) is 0 Å². The molecule has 0 aliphatic heterocycles. The third kappa shape index (κ3) is 5.04. The predicted molar refractivity (Wildman–Crippen MR) is 81.0 cm³/mol. The molecule has 0 saturated heterocycles. The van der Waals surface area contributed by atoms with Crippen molar-refractivity contribution in [1.29, 1.82) is 0 Å². The summed E-state index contributed by atoms with van der Waals surface area (Å²) in [5.41, 5.74) is 0.264. The number of aliphatic carboxylic acids is 1. The lowest BCUT2D eigenvalue weighted by atomic mass is 10.1. The van der Waals surface area contributed by atoms with Crippen molar-refractivity contribution in [3.63, 3.8) is 0 Å². The number of halogens is 2. The smallest absolute Gasteiger partial charge is 0.326 e. The Balaban J connectivity index is 2.78. The van der Waals surface area contributed by atoms with E-state index >= 15 is 0 Å². The number of amides is 1. The van der Waals surface area contributed by atoms with Crippen LogP contribution in [0.2, 0.25) is 5.02 Å². The Bertz CT molecular complexity index is 484. The number of carboxylic acids is 1. The van der Waals surface area contributed by atoms with Gasteiger partial charge < -0.3 is 10.4 Å². The van der Waals surface area contributed by atoms with E-state index in [1.807, 2.05) is 6.26 Å². The number of hydrogen-bond acceptors (Lipinski definition) is 3. The number of hydrogen-bond donors (Lipinski definition) is 2. The van der Waals surface area contributed by atoms with Gasteiger partial charge in [-0.25, -0.2) is 4.79 Å². The molecule has 0 heterocycles. The van der Waals surface area contributed by atoms with Crippen LogP contribution in [0, 0.1) is 0 Å². The van der Waals surface area contributed by atoms with Gasteiger partial charge in [0.25, 0.3) is 5.91 Å². The molecule has 0 aromatic heterocycles. The molecule has 1 amide bonds. The molecule has 4 nitrogen and oxygen atoms in total. The Morgan fingerprint density at radius 3 is 2.74 bits per heavy atom. The molecule has 7 heteroatoms. The van der Waals surface area contributed by atoms with Crippen molar-refractivity contribution < 1.29 is 14.7 Å². The lowest BCUT2D eigenvalue weighted by Crippen LogP contribution is -2.41. The minimum absolute atomic E-state index is 0.264. The topological polar surface area (TPSA) is 66.4 Å². The molecule has 1 aromatic carbocycles. The quantitative estimate of drug-likeness (QED) is 0.812. The molecular formula is C12H13BrClNO3S. The zero-order valence-corrected chi connectivity index (χ0v) is 13.3. The number of benzene rings is 1. The van der Waals surface area contributed by atoms with Crippen molar-refractivity contribution in [3.8, 4) is 0 Å². The van der Waals surface area contributed by atoms with Gasteiger partial charge in [0.2, 0.25) is 0 Å². The van der Waals surface area contributed by atoms with Crippen LogP contribution in [-0.4, -0.2) is 35.0 Å². The third-order valence-corrected chi connectivity index (χ3v) is 3.84. The molecule has 19 heavy (non-hydrogen) atoms. The second kappa shape index (κ2) is 7.77. The first-order valence-corrected chi connectivity index (χ1v) is 8.00. The summed E-state index contributed by atoms with van der Waals surface area (Å²) in [4.78, 5) is 23.0. The van der Waals surface area contributed by atoms with E-state index in [9.17, 15) is 9.59 Å². The summed E-state index contributed by atoms with van der Waals surface area (Å²) < 4.78 is 0.756. The van der Waals surface area contributed by atoms with E-state index < -0.39 is 17.9 Å². The van der Waals surface area contributed by atoms with Crippen molar-refractivity contribution in [3.05, 3.63) is 33.3 Å². The first-order valence-electron chi connectivity index (χ1n) is 5.43. The van der Waals surface area contributed by atoms with Crippen LogP contribution in [0.1, 0.15) is 16.8 Å². The summed E-state index contributed by atoms with van der Waals surface area (Å²) in [6, 6.07) is 3.92. The van der Waals surface area contributed by atoms with Crippen molar-refractivity contribution in [1.82, 2.24) is 5.32 Å². The summed E-state index contributed by atoms with van der Waals surface area (Å²) in [5.74, 6) is -0.868. The van der Waals surface area contributed by atoms with Gasteiger partial charge in [0.1, 0.15) is 6.04 Å². The van der Waals surface area contributed by atoms with Gasteiger partial charge in [-0.05, 0) is 36.6 Å². The van der Waals surface area contributed by atoms with Crippen molar-refractivity contribution >= 4 is 51.2 Å². The Morgan fingerprint density at radius 2 is 2.21 bits per heavy atom. The van der Waals surface area contributed by atoms with Gasteiger partial charge in [0, 0.05) is 4.47 Å². The fourth-order valence-electron chi connectivity index (χ4n) is 1.40. The largest absolute Gasteiger partial charge is 0.480 e. The van der Waals surface area contributed by atoms with Crippen LogP contribution in [-0.2, 0) is 4.79 Å². The highest BCUT2D eigenvalue weighted by Crippen LogP contribution is 2.21. The molecule has 1 aromatic rings. The zero-order chi connectivity index (χ0) is 14.4. The minimum atomic E-state index is -1.05. The average Bonchev–Trinajstić information content (AvgIpc) is 2.33. The molecule has 0 spiro atoms. The number of carboxylic acid groups (broad SMARTS) is 1. The first kappa shape index (κ1) is 16.3. The summed E-state index contributed by atoms with van der Waals surface area (Å²) in [7, 11) is 0. The fourth-order valence-corrected chi connectivity index (χ4v) is 2.63. The summed E-state index contributed by atoms with van der Waals surface area (Å²) in [5, 5.41) is 11.8. The van der Waals surface area contributed by atoms with Gasteiger partial charge in [0.15, 0.2) is 0 Å². The molecular weight excluding hydrogens is 354 g/mol. The van der Waals surface area contributed by atoms with Gasteiger partial charge >= 0.3 is 5.97 Å². The molecule has 0 radical (unpaired) electrons. The maximum atomic E-state index is 12.0. The molecule has 0 fully saturated rings. The molecule has 0 bridgehead atoms. The van der Waals surface area contributed by atoms with Crippen molar-refractivity contribution in [2.45, 2.75) is 12.5 Å². The molecule has 1 rings (SSSR count). The number of rotatable bonds is 6. The Kier molecular flexibility index (Phi) is 6.68. The van der Waals surface area contributed by atoms with Crippen molar-refractivity contribution in [2.24, 2.45) is 0 Å². The second-order valence-corrected chi connectivity index (χ2v) is 6.08. The van der Waals surface area contributed by atoms with E-state index in [2.05, 4.69) is 21.2 Å². The molecule has 0 aliphatic rings. The van der Waals surface area contributed by atoms with Gasteiger partial charge in [-0.1, -0.05) is 27.5 Å². The van der Waals surface area contributed by atoms with E-state index in [1.165, 1.54) is 11.8 Å². The van der Waals surface area contributed by atoms with Crippen LogP contribution in [0.3, 0.4) is 0 Å².